The minimum atomic E-state index is 0.0261. The molecule has 0 saturated heterocycles. The predicted molar refractivity (Wildman–Crippen MR) is 153 cm³/mol. The molecule has 0 atom stereocenters. The van der Waals surface area contributed by atoms with Crippen LogP contribution in [0, 0.1) is 0 Å². The van der Waals surface area contributed by atoms with Gasteiger partial charge in [0, 0.05) is 19.5 Å². The summed E-state index contributed by atoms with van der Waals surface area (Å²) in [5, 5.41) is 3.08. The summed E-state index contributed by atoms with van der Waals surface area (Å²) < 4.78 is 8.12. The average molecular weight is 504 g/mol. The number of imidazole rings is 1. The number of carbonyl (C=O) groups excluding carboxylic acids is 1. The lowest BCUT2D eigenvalue weighted by Gasteiger charge is -2.11. The van der Waals surface area contributed by atoms with E-state index in [1.54, 1.807) is 0 Å². The van der Waals surface area contributed by atoms with E-state index in [0.29, 0.717) is 26.0 Å². The lowest BCUT2D eigenvalue weighted by atomic mass is 10.0. The Balaban J connectivity index is 1.12. The van der Waals surface area contributed by atoms with Crippen molar-refractivity contribution in [3.05, 3.63) is 121 Å². The number of fused-ring (bicyclic) bond motifs is 1. The normalized spacial score (nSPS) is 10.9. The van der Waals surface area contributed by atoms with E-state index in [2.05, 4.69) is 40.2 Å². The van der Waals surface area contributed by atoms with E-state index in [-0.39, 0.29) is 5.91 Å². The number of ether oxygens (including phenoxy) is 1. The molecule has 192 valence electrons. The van der Waals surface area contributed by atoms with Crippen LogP contribution in [0.1, 0.15) is 24.2 Å². The molecule has 4 aromatic carbocycles. The highest BCUT2D eigenvalue weighted by atomic mass is 16.5. The zero-order chi connectivity index (χ0) is 26.0. The van der Waals surface area contributed by atoms with Gasteiger partial charge in [-0.2, -0.15) is 0 Å². The van der Waals surface area contributed by atoms with Gasteiger partial charge in [0.25, 0.3) is 0 Å². The second-order valence-corrected chi connectivity index (χ2v) is 9.38. The maximum absolute atomic E-state index is 12.6. The predicted octanol–water partition coefficient (Wildman–Crippen LogP) is 6.46. The molecular formula is C33H33N3O2. The molecule has 0 bridgehead atoms. The second-order valence-electron chi connectivity index (χ2n) is 9.38. The summed E-state index contributed by atoms with van der Waals surface area (Å²) in [4.78, 5) is 17.5. The standard InChI is InChI=1S/C33H33N3O2/c37-33(25-26-17-19-28(20-18-26)27-11-3-1-4-12-27)34-22-21-32-35-30-15-7-8-16-31(30)36(32)23-9-10-24-38-29-13-5-2-6-14-29/h1-8,11-20H,9-10,21-25H2,(H,34,37). The number of para-hydroxylation sites is 3. The third kappa shape index (κ3) is 6.68. The van der Waals surface area contributed by atoms with Crippen LogP contribution in [0.5, 0.6) is 5.75 Å². The summed E-state index contributed by atoms with van der Waals surface area (Å²) in [6.45, 7) is 2.12. The fraction of sp³-hybridized carbons (Fsp3) is 0.212. The molecular weight excluding hydrogens is 470 g/mol. The van der Waals surface area contributed by atoms with E-state index < -0.39 is 0 Å². The highest BCUT2D eigenvalue weighted by Crippen LogP contribution is 2.20. The summed E-state index contributed by atoms with van der Waals surface area (Å²) in [5.41, 5.74) is 5.46. The Labute approximate surface area is 224 Å². The smallest absolute Gasteiger partial charge is 0.224 e. The van der Waals surface area contributed by atoms with Crippen molar-refractivity contribution in [2.45, 2.75) is 32.2 Å². The van der Waals surface area contributed by atoms with Gasteiger partial charge in [0.15, 0.2) is 0 Å². The first-order chi connectivity index (χ1) is 18.8. The fourth-order valence-electron chi connectivity index (χ4n) is 4.65. The molecule has 1 N–H and O–H groups in total. The molecule has 0 aliphatic rings. The van der Waals surface area contributed by atoms with Crippen molar-refractivity contribution in [3.63, 3.8) is 0 Å². The highest BCUT2D eigenvalue weighted by molar-refractivity contribution is 5.79. The van der Waals surface area contributed by atoms with Crippen molar-refractivity contribution in [2.24, 2.45) is 0 Å². The number of benzene rings is 4. The van der Waals surface area contributed by atoms with Crippen LogP contribution in [0.4, 0.5) is 0 Å². The van der Waals surface area contributed by atoms with Gasteiger partial charge in [0.2, 0.25) is 5.91 Å². The number of hydrogen-bond donors (Lipinski definition) is 1. The molecule has 38 heavy (non-hydrogen) atoms. The van der Waals surface area contributed by atoms with E-state index in [4.69, 9.17) is 9.72 Å². The molecule has 0 radical (unpaired) electrons. The first kappa shape index (κ1) is 25.3. The summed E-state index contributed by atoms with van der Waals surface area (Å²) >= 11 is 0. The molecule has 1 heterocycles. The number of aromatic nitrogens is 2. The van der Waals surface area contributed by atoms with Gasteiger partial charge in [0.1, 0.15) is 11.6 Å². The second kappa shape index (κ2) is 12.7. The molecule has 0 aliphatic carbocycles. The Morgan fingerprint density at radius 2 is 1.45 bits per heavy atom. The molecule has 0 aliphatic heterocycles. The Bertz CT molecular complexity index is 1440. The van der Waals surface area contributed by atoms with Crippen molar-refractivity contribution in [1.29, 1.82) is 0 Å². The van der Waals surface area contributed by atoms with E-state index >= 15 is 0 Å². The number of aryl methyl sites for hydroxylation is 1. The first-order valence-corrected chi connectivity index (χ1v) is 13.3. The number of rotatable bonds is 12. The van der Waals surface area contributed by atoms with Gasteiger partial charge in [-0.3, -0.25) is 4.79 Å². The monoisotopic (exact) mass is 503 g/mol. The minimum Gasteiger partial charge on any atom is -0.494 e. The molecule has 5 rings (SSSR count). The van der Waals surface area contributed by atoms with Crippen molar-refractivity contribution < 1.29 is 9.53 Å². The Morgan fingerprint density at radius 3 is 2.24 bits per heavy atom. The van der Waals surface area contributed by atoms with Crippen LogP contribution in [0.3, 0.4) is 0 Å². The quantitative estimate of drug-likeness (QED) is 0.199. The average Bonchev–Trinajstić information content (AvgIpc) is 3.31. The number of hydrogen-bond acceptors (Lipinski definition) is 3. The van der Waals surface area contributed by atoms with Crippen molar-refractivity contribution in [2.75, 3.05) is 13.2 Å². The molecule has 0 unspecified atom stereocenters. The van der Waals surface area contributed by atoms with Crippen LogP contribution in [0.25, 0.3) is 22.2 Å². The summed E-state index contributed by atoms with van der Waals surface area (Å²) in [6.07, 6.45) is 3.01. The molecule has 0 spiro atoms. The summed E-state index contributed by atoms with van der Waals surface area (Å²) in [7, 11) is 0. The van der Waals surface area contributed by atoms with Crippen molar-refractivity contribution >= 4 is 16.9 Å². The zero-order valence-electron chi connectivity index (χ0n) is 21.6. The Hall–Kier alpha value is -4.38. The van der Waals surface area contributed by atoms with Crippen LogP contribution in [-0.2, 0) is 24.2 Å². The van der Waals surface area contributed by atoms with Gasteiger partial charge in [-0.1, -0.05) is 84.9 Å². The Kier molecular flexibility index (Phi) is 8.47. The van der Waals surface area contributed by atoms with Gasteiger partial charge < -0.3 is 14.6 Å². The van der Waals surface area contributed by atoms with Gasteiger partial charge in [-0.25, -0.2) is 4.98 Å². The number of carbonyl (C=O) groups is 1. The third-order valence-electron chi connectivity index (χ3n) is 6.62. The van der Waals surface area contributed by atoms with Gasteiger partial charge in [-0.15, -0.1) is 0 Å². The molecule has 1 aromatic heterocycles. The van der Waals surface area contributed by atoms with Crippen LogP contribution in [0.15, 0.2) is 109 Å². The van der Waals surface area contributed by atoms with Gasteiger partial charge in [-0.05, 0) is 53.8 Å². The maximum atomic E-state index is 12.6. The van der Waals surface area contributed by atoms with Crippen LogP contribution in [-0.4, -0.2) is 28.6 Å². The molecule has 5 heteroatoms. The lowest BCUT2D eigenvalue weighted by Crippen LogP contribution is -2.28. The molecule has 0 saturated carbocycles. The van der Waals surface area contributed by atoms with E-state index in [9.17, 15) is 4.79 Å². The van der Waals surface area contributed by atoms with Gasteiger partial charge >= 0.3 is 0 Å². The number of amides is 1. The molecule has 1 amide bonds. The van der Waals surface area contributed by atoms with Crippen molar-refractivity contribution in [1.82, 2.24) is 14.9 Å². The Morgan fingerprint density at radius 1 is 0.763 bits per heavy atom. The van der Waals surface area contributed by atoms with Crippen LogP contribution >= 0.6 is 0 Å². The fourth-order valence-corrected chi connectivity index (χ4v) is 4.65. The minimum absolute atomic E-state index is 0.0261. The maximum Gasteiger partial charge on any atom is 0.224 e. The third-order valence-corrected chi connectivity index (χ3v) is 6.62. The van der Waals surface area contributed by atoms with E-state index in [0.717, 1.165) is 53.1 Å². The van der Waals surface area contributed by atoms with Crippen molar-refractivity contribution in [3.8, 4) is 16.9 Å². The summed E-state index contributed by atoms with van der Waals surface area (Å²) in [6, 6.07) is 36.6. The first-order valence-electron chi connectivity index (χ1n) is 13.3. The largest absolute Gasteiger partial charge is 0.494 e. The number of nitrogens with one attached hydrogen (secondary N) is 1. The summed E-state index contributed by atoms with van der Waals surface area (Å²) in [5.74, 6) is 1.94. The number of nitrogens with zero attached hydrogens (tertiary/aromatic N) is 2. The van der Waals surface area contributed by atoms with E-state index in [1.807, 2.05) is 78.9 Å². The number of unbranched alkanes of at least 4 members (excludes halogenated alkanes) is 1. The SMILES string of the molecule is O=C(Cc1ccc(-c2ccccc2)cc1)NCCc1nc2ccccc2n1CCCCOc1ccccc1. The highest BCUT2D eigenvalue weighted by Gasteiger charge is 2.11. The molecule has 0 fully saturated rings. The van der Waals surface area contributed by atoms with E-state index in [1.165, 1.54) is 5.56 Å². The molecule has 5 nitrogen and oxygen atoms in total. The van der Waals surface area contributed by atoms with Crippen LogP contribution < -0.4 is 10.1 Å². The van der Waals surface area contributed by atoms with Gasteiger partial charge in [0.05, 0.1) is 24.1 Å². The van der Waals surface area contributed by atoms with Crippen LogP contribution in [0.2, 0.25) is 0 Å². The zero-order valence-corrected chi connectivity index (χ0v) is 21.6. The topological polar surface area (TPSA) is 56.2 Å². The lowest BCUT2D eigenvalue weighted by molar-refractivity contribution is -0.120. The molecule has 5 aromatic rings.